The highest BCUT2D eigenvalue weighted by Crippen LogP contribution is 2.17. The van der Waals surface area contributed by atoms with Crippen LogP contribution in [-0.2, 0) is 21.5 Å². The Kier molecular flexibility index (Phi) is 4.98. The third-order valence-electron chi connectivity index (χ3n) is 3.23. The van der Waals surface area contributed by atoms with Gasteiger partial charge < -0.3 is 9.47 Å². The van der Waals surface area contributed by atoms with Crippen LogP contribution in [0.3, 0.4) is 0 Å². The molecule has 0 unspecified atom stereocenters. The van der Waals surface area contributed by atoms with Gasteiger partial charge in [0.15, 0.2) is 0 Å². The molecule has 0 aromatic heterocycles. The van der Waals surface area contributed by atoms with Crippen LogP contribution in [0.5, 0.6) is 5.75 Å². The second-order valence-electron chi connectivity index (χ2n) is 4.63. The highest BCUT2D eigenvalue weighted by molar-refractivity contribution is 7.86. The number of benzene rings is 1. The Bertz CT molecular complexity index is 541. The first-order valence-electron chi connectivity index (χ1n) is 6.46. The van der Waals surface area contributed by atoms with E-state index in [0.717, 1.165) is 11.3 Å². The predicted molar refractivity (Wildman–Crippen MR) is 75.8 cm³/mol. The van der Waals surface area contributed by atoms with Crippen LogP contribution in [-0.4, -0.2) is 57.5 Å². The van der Waals surface area contributed by atoms with Gasteiger partial charge in [-0.1, -0.05) is 12.1 Å². The van der Waals surface area contributed by atoms with Gasteiger partial charge in [-0.05, 0) is 17.7 Å². The molecular formula is C13H20N2O4S. The molecule has 0 aliphatic carbocycles. The molecule has 0 bridgehead atoms. The Morgan fingerprint density at radius 3 is 2.70 bits per heavy atom. The lowest BCUT2D eigenvalue weighted by atomic mass is 10.2. The zero-order chi connectivity index (χ0) is 14.6. The van der Waals surface area contributed by atoms with Gasteiger partial charge in [-0.3, -0.25) is 0 Å². The van der Waals surface area contributed by atoms with Crippen molar-refractivity contribution in [3.05, 3.63) is 29.8 Å². The minimum Gasteiger partial charge on any atom is -0.497 e. The lowest BCUT2D eigenvalue weighted by molar-refractivity contribution is 0.0705. The second-order valence-corrected chi connectivity index (χ2v) is 6.66. The van der Waals surface area contributed by atoms with E-state index in [-0.39, 0.29) is 0 Å². The molecule has 1 aromatic carbocycles. The lowest BCUT2D eigenvalue weighted by Gasteiger charge is -2.30. The summed E-state index contributed by atoms with van der Waals surface area (Å²) in [5.74, 6) is 0.722. The number of ether oxygens (including phenoxy) is 2. The molecule has 1 heterocycles. The average molecular weight is 300 g/mol. The molecule has 1 fully saturated rings. The van der Waals surface area contributed by atoms with Gasteiger partial charge in [-0.25, -0.2) is 0 Å². The molecule has 0 N–H and O–H groups in total. The van der Waals surface area contributed by atoms with E-state index >= 15 is 0 Å². The van der Waals surface area contributed by atoms with E-state index in [1.54, 1.807) is 14.2 Å². The fraction of sp³-hybridized carbons (Fsp3) is 0.538. The summed E-state index contributed by atoms with van der Waals surface area (Å²) in [7, 11) is -0.256. The van der Waals surface area contributed by atoms with Crippen LogP contribution in [0.2, 0.25) is 0 Å². The van der Waals surface area contributed by atoms with Gasteiger partial charge in [-0.2, -0.15) is 17.0 Å². The summed E-state index contributed by atoms with van der Waals surface area (Å²) in [6.07, 6.45) is 0. The number of hydrogen-bond donors (Lipinski definition) is 0. The summed E-state index contributed by atoms with van der Waals surface area (Å²) in [5, 5.41) is 0. The van der Waals surface area contributed by atoms with E-state index in [2.05, 4.69) is 0 Å². The summed E-state index contributed by atoms with van der Waals surface area (Å²) in [6.45, 7) is 2.03. The second kappa shape index (κ2) is 6.53. The fourth-order valence-electron chi connectivity index (χ4n) is 2.08. The summed E-state index contributed by atoms with van der Waals surface area (Å²) in [6, 6.07) is 7.41. The van der Waals surface area contributed by atoms with Crippen LogP contribution in [0, 0.1) is 0 Å². The van der Waals surface area contributed by atoms with Crippen molar-refractivity contribution >= 4 is 10.2 Å². The van der Waals surface area contributed by atoms with Gasteiger partial charge in [-0.15, -0.1) is 0 Å². The quantitative estimate of drug-likeness (QED) is 0.803. The predicted octanol–water partition coefficient (Wildman–Crippen LogP) is 0.704. The van der Waals surface area contributed by atoms with Gasteiger partial charge in [0.1, 0.15) is 5.75 Å². The zero-order valence-corrected chi connectivity index (χ0v) is 12.6. The average Bonchev–Trinajstić information content (AvgIpc) is 2.48. The highest BCUT2D eigenvalue weighted by atomic mass is 32.2. The molecule has 0 saturated carbocycles. The van der Waals surface area contributed by atoms with Crippen molar-refractivity contribution < 1.29 is 17.9 Å². The van der Waals surface area contributed by atoms with E-state index in [9.17, 15) is 8.42 Å². The standard InChI is InChI=1S/C13H20N2O4S/c1-14(11-12-4-3-5-13(10-12)18-2)20(16,17)15-6-8-19-9-7-15/h3-5,10H,6-9,11H2,1-2H3. The number of morpholine rings is 1. The first-order valence-corrected chi connectivity index (χ1v) is 7.86. The first kappa shape index (κ1) is 15.2. The molecule has 0 atom stereocenters. The maximum atomic E-state index is 12.4. The molecule has 20 heavy (non-hydrogen) atoms. The molecule has 6 nitrogen and oxygen atoms in total. The summed E-state index contributed by atoms with van der Waals surface area (Å²) in [5.41, 5.74) is 0.892. The minimum atomic E-state index is -3.43. The Hall–Kier alpha value is -1.15. The fourth-order valence-corrected chi connectivity index (χ4v) is 3.40. The van der Waals surface area contributed by atoms with E-state index in [0.29, 0.717) is 32.8 Å². The molecule has 112 valence electrons. The molecule has 0 spiro atoms. The normalized spacial score (nSPS) is 17.4. The van der Waals surface area contributed by atoms with Crippen molar-refractivity contribution in [1.82, 2.24) is 8.61 Å². The van der Waals surface area contributed by atoms with Crippen LogP contribution in [0.1, 0.15) is 5.56 Å². The molecule has 7 heteroatoms. The maximum Gasteiger partial charge on any atom is 0.282 e. The van der Waals surface area contributed by atoms with Crippen LogP contribution < -0.4 is 4.74 Å². The summed E-state index contributed by atoms with van der Waals surface area (Å²) < 4.78 is 38.0. The molecule has 1 aromatic rings. The van der Waals surface area contributed by atoms with Crippen molar-refractivity contribution in [3.8, 4) is 5.75 Å². The topological polar surface area (TPSA) is 59.1 Å². The van der Waals surface area contributed by atoms with E-state index in [1.165, 1.54) is 8.61 Å². The molecule has 2 rings (SSSR count). The molecule has 1 saturated heterocycles. The van der Waals surface area contributed by atoms with Crippen molar-refractivity contribution in [3.63, 3.8) is 0 Å². The van der Waals surface area contributed by atoms with Crippen LogP contribution >= 0.6 is 0 Å². The van der Waals surface area contributed by atoms with Crippen molar-refractivity contribution in [2.24, 2.45) is 0 Å². The zero-order valence-electron chi connectivity index (χ0n) is 11.8. The third kappa shape index (κ3) is 3.49. The van der Waals surface area contributed by atoms with Gasteiger partial charge >= 0.3 is 0 Å². The van der Waals surface area contributed by atoms with Crippen molar-refractivity contribution in [2.75, 3.05) is 40.5 Å². The van der Waals surface area contributed by atoms with E-state index in [4.69, 9.17) is 9.47 Å². The van der Waals surface area contributed by atoms with Gasteiger partial charge in [0.2, 0.25) is 0 Å². The van der Waals surface area contributed by atoms with Crippen molar-refractivity contribution in [2.45, 2.75) is 6.54 Å². The van der Waals surface area contributed by atoms with Crippen LogP contribution in [0.15, 0.2) is 24.3 Å². The number of rotatable bonds is 5. The number of nitrogens with zero attached hydrogens (tertiary/aromatic N) is 2. The Labute approximate surface area is 120 Å². The maximum absolute atomic E-state index is 12.4. The number of hydrogen-bond acceptors (Lipinski definition) is 4. The van der Waals surface area contributed by atoms with E-state index < -0.39 is 10.2 Å². The lowest BCUT2D eigenvalue weighted by Crippen LogP contribution is -2.47. The molecular weight excluding hydrogens is 280 g/mol. The largest absolute Gasteiger partial charge is 0.497 e. The minimum absolute atomic E-state index is 0.316. The summed E-state index contributed by atoms with van der Waals surface area (Å²) >= 11 is 0. The molecule has 1 aliphatic rings. The first-order chi connectivity index (χ1) is 9.54. The monoisotopic (exact) mass is 300 g/mol. The Morgan fingerprint density at radius 2 is 2.05 bits per heavy atom. The van der Waals surface area contributed by atoms with Gasteiger partial charge in [0.05, 0.1) is 20.3 Å². The highest BCUT2D eigenvalue weighted by Gasteiger charge is 2.28. The van der Waals surface area contributed by atoms with Gasteiger partial charge in [0.25, 0.3) is 10.2 Å². The molecule has 1 aliphatic heterocycles. The SMILES string of the molecule is COc1cccc(CN(C)S(=O)(=O)N2CCOCC2)c1. The van der Waals surface area contributed by atoms with Crippen LogP contribution in [0.4, 0.5) is 0 Å². The third-order valence-corrected chi connectivity index (χ3v) is 5.16. The van der Waals surface area contributed by atoms with Crippen molar-refractivity contribution in [1.29, 1.82) is 0 Å². The van der Waals surface area contributed by atoms with Gasteiger partial charge in [0, 0.05) is 26.7 Å². The smallest absolute Gasteiger partial charge is 0.282 e. The molecule has 0 radical (unpaired) electrons. The Morgan fingerprint density at radius 1 is 1.35 bits per heavy atom. The molecule has 0 amide bonds. The summed E-state index contributed by atoms with van der Waals surface area (Å²) in [4.78, 5) is 0. The number of methoxy groups -OCH3 is 1. The Balaban J connectivity index is 2.07. The van der Waals surface area contributed by atoms with Crippen LogP contribution in [0.25, 0.3) is 0 Å². The van der Waals surface area contributed by atoms with E-state index in [1.807, 2.05) is 24.3 Å².